The Bertz CT molecular complexity index is 573. The van der Waals surface area contributed by atoms with Gasteiger partial charge in [-0.05, 0) is 36.4 Å². The summed E-state index contributed by atoms with van der Waals surface area (Å²) in [6.45, 7) is 1.31. The third kappa shape index (κ3) is 3.95. The number of nitrogens with two attached hydrogens (primary N) is 1. The summed E-state index contributed by atoms with van der Waals surface area (Å²) in [6.07, 6.45) is 0. The number of hydrogen-bond donors (Lipinski definition) is 1. The standard InChI is InChI=1S/C15H16Cl2N2O/c1-19(12-4-2-11(18)3-5-12)8-9-20-13-6-7-14(16)15(17)10-13/h2-7,10H,8-9,18H2,1H3. The van der Waals surface area contributed by atoms with Crippen molar-refractivity contribution in [3.8, 4) is 5.75 Å². The average molecular weight is 311 g/mol. The van der Waals surface area contributed by atoms with Crippen LogP contribution in [-0.2, 0) is 0 Å². The average Bonchev–Trinajstić information content (AvgIpc) is 2.43. The maximum absolute atomic E-state index is 5.93. The van der Waals surface area contributed by atoms with Crippen LogP contribution in [0.15, 0.2) is 42.5 Å². The van der Waals surface area contributed by atoms with Gasteiger partial charge in [0.05, 0.1) is 16.6 Å². The molecule has 0 aromatic heterocycles. The fraction of sp³-hybridized carbons (Fsp3) is 0.200. The van der Waals surface area contributed by atoms with Gasteiger partial charge in [-0.2, -0.15) is 0 Å². The first-order valence-corrected chi connectivity index (χ1v) is 6.96. The zero-order valence-electron chi connectivity index (χ0n) is 11.1. The van der Waals surface area contributed by atoms with Crippen molar-refractivity contribution in [3.63, 3.8) is 0 Å². The fourth-order valence-corrected chi connectivity index (χ4v) is 2.01. The van der Waals surface area contributed by atoms with E-state index in [0.29, 0.717) is 22.4 Å². The van der Waals surface area contributed by atoms with Crippen LogP contribution < -0.4 is 15.4 Å². The minimum Gasteiger partial charge on any atom is -0.492 e. The molecule has 0 saturated heterocycles. The highest BCUT2D eigenvalue weighted by Crippen LogP contribution is 2.26. The Labute approximate surface area is 128 Å². The molecule has 0 spiro atoms. The number of nitrogens with zero attached hydrogens (tertiary/aromatic N) is 1. The molecule has 0 heterocycles. The molecule has 0 amide bonds. The van der Waals surface area contributed by atoms with E-state index in [2.05, 4.69) is 4.90 Å². The number of benzene rings is 2. The second-order valence-electron chi connectivity index (χ2n) is 4.44. The van der Waals surface area contributed by atoms with E-state index in [1.807, 2.05) is 31.3 Å². The molecule has 2 aromatic rings. The van der Waals surface area contributed by atoms with E-state index in [1.165, 1.54) is 0 Å². The number of ether oxygens (including phenoxy) is 1. The highest BCUT2D eigenvalue weighted by atomic mass is 35.5. The summed E-state index contributed by atoms with van der Waals surface area (Å²) in [6, 6.07) is 13.0. The van der Waals surface area contributed by atoms with Crippen LogP contribution in [0.3, 0.4) is 0 Å². The molecular formula is C15H16Cl2N2O. The largest absolute Gasteiger partial charge is 0.492 e. The zero-order chi connectivity index (χ0) is 14.5. The van der Waals surface area contributed by atoms with E-state index in [0.717, 1.165) is 17.9 Å². The lowest BCUT2D eigenvalue weighted by Gasteiger charge is -2.19. The molecule has 0 bridgehead atoms. The molecule has 5 heteroatoms. The van der Waals surface area contributed by atoms with Crippen molar-refractivity contribution in [2.75, 3.05) is 30.8 Å². The lowest BCUT2D eigenvalue weighted by Crippen LogP contribution is -2.23. The van der Waals surface area contributed by atoms with Gasteiger partial charge >= 0.3 is 0 Å². The van der Waals surface area contributed by atoms with Crippen molar-refractivity contribution in [1.29, 1.82) is 0 Å². The number of anilines is 2. The summed E-state index contributed by atoms with van der Waals surface area (Å²) >= 11 is 11.8. The van der Waals surface area contributed by atoms with Crippen molar-refractivity contribution >= 4 is 34.6 Å². The first kappa shape index (κ1) is 14.8. The van der Waals surface area contributed by atoms with Gasteiger partial charge in [0.15, 0.2) is 0 Å². The van der Waals surface area contributed by atoms with Crippen LogP contribution in [0.5, 0.6) is 5.75 Å². The predicted molar refractivity (Wildman–Crippen MR) is 86.1 cm³/mol. The van der Waals surface area contributed by atoms with Crippen LogP contribution in [0.4, 0.5) is 11.4 Å². The minimum absolute atomic E-state index is 0.496. The third-order valence-corrected chi connectivity index (χ3v) is 3.66. The smallest absolute Gasteiger partial charge is 0.120 e. The molecule has 0 aliphatic heterocycles. The topological polar surface area (TPSA) is 38.5 Å². The summed E-state index contributed by atoms with van der Waals surface area (Å²) in [5.74, 6) is 0.713. The van der Waals surface area contributed by atoms with Crippen molar-refractivity contribution in [3.05, 3.63) is 52.5 Å². The van der Waals surface area contributed by atoms with Crippen LogP contribution in [0, 0.1) is 0 Å². The van der Waals surface area contributed by atoms with Gasteiger partial charge in [0.1, 0.15) is 12.4 Å². The van der Waals surface area contributed by atoms with E-state index >= 15 is 0 Å². The Morgan fingerprint density at radius 3 is 2.40 bits per heavy atom. The van der Waals surface area contributed by atoms with Crippen molar-refractivity contribution in [2.24, 2.45) is 0 Å². The second-order valence-corrected chi connectivity index (χ2v) is 5.25. The summed E-state index contributed by atoms with van der Waals surface area (Å²) in [5.41, 5.74) is 7.52. The zero-order valence-corrected chi connectivity index (χ0v) is 12.7. The monoisotopic (exact) mass is 310 g/mol. The Morgan fingerprint density at radius 2 is 1.75 bits per heavy atom. The SMILES string of the molecule is CN(CCOc1ccc(Cl)c(Cl)c1)c1ccc(N)cc1. The number of halogens is 2. The van der Waals surface area contributed by atoms with Gasteiger partial charge in [-0.1, -0.05) is 23.2 Å². The Kier molecular flexibility index (Phi) is 4.99. The Balaban J connectivity index is 1.86. The second kappa shape index (κ2) is 6.73. The number of nitrogen functional groups attached to an aromatic ring is 1. The minimum atomic E-state index is 0.496. The van der Waals surface area contributed by atoms with Gasteiger partial charge < -0.3 is 15.4 Å². The molecule has 0 aliphatic rings. The molecule has 20 heavy (non-hydrogen) atoms. The van der Waals surface area contributed by atoms with Crippen molar-refractivity contribution < 1.29 is 4.74 Å². The van der Waals surface area contributed by atoms with Gasteiger partial charge in [-0.25, -0.2) is 0 Å². The van der Waals surface area contributed by atoms with Gasteiger partial charge in [0, 0.05) is 24.5 Å². The van der Waals surface area contributed by atoms with E-state index in [9.17, 15) is 0 Å². The van der Waals surface area contributed by atoms with Crippen LogP contribution >= 0.6 is 23.2 Å². The normalized spacial score (nSPS) is 10.3. The number of hydrogen-bond acceptors (Lipinski definition) is 3. The molecule has 106 valence electrons. The van der Waals surface area contributed by atoms with Gasteiger partial charge in [-0.15, -0.1) is 0 Å². The first-order chi connectivity index (χ1) is 9.56. The molecule has 0 fully saturated rings. The van der Waals surface area contributed by atoms with Crippen LogP contribution in [0.2, 0.25) is 10.0 Å². The molecule has 2 rings (SSSR count). The van der Waals surface area contributed by atoms with Crippen LogP contribution in [0.25, 0.3) is 0 Å². The molecule has 0 saturated carbocycles. The first-order valence-electron chi connectivity index (χ1n) is 6.21. The lowest BCUT2D eigenvalue weighted by molar-refractivity contribution is 0.326. The summed E-state index contributed by atoms with van der Waals surface area (Å²) in [4.78, 5) is 2.09. The summed E-state index contributed by atoms with van der Waals surface area (Å²) in [7, 11) is 2.00. The molecule has 2 aromatic carbocycles. The van der Waals surface area contributed by atoms with Gasteiger partial charge in [0.2, 0.25) is 0 Å². The number of likely N-dealkylation sites (N-methyl/N-ethyl adjacent to an activating group) is 1. The van der Waals surface area contributed by atoms with E-state index in [1.54, 1.807) is 18.2 Å². The summed E-state index contributed by atoms with van der Waals surface area (Å²) < 4.78 is 5.65. The van der Waals surface area contributed by atoms with E-state index in [-0.39, 0.29) is 0 Å². The van der Waals surface area contributed by atoms with E-state index in [4.69, 9.17) is 33.7 Å². The molecule has 2 N–H and O–H groups in total. The highest BCUT2D eigenvalue weighted by Gasteiger charge is 2.03. The molecule has 3 nitrogen and oxygen atoms in total. The lowest BCUT2D eigenvalue weighted by atomic mass is 10.2. The highest BCUT2D eigenvalue weighted by molar-refractivity contribution is 6.42. The predicted octanol–water partition coefficient (Wildman–Crippen LogP) is 4.09. The third-order valence-electron chi connectivity index (χ3n) is 2.92. The van der Waals surface area contributed by atoms with E-state index < -0.39 is 0 Å². The van der Waals surface area contributed by atoms with Crippen molar-refractivity contribution in [1.82, 2.24) is 0 Å². The Morgan fingerprint density at radius 1 is 1.05 bits per heavy atom. The fourth-order valence-electron chi connectivity index (χ4n) is 1.72. The number of rotatable bonds is 5. The quantitative estimate of drug-likeness (QED) is 0.845. The molecule has 0 unspecified atom stereocenters. The molecule has 0 radical (unpaired) electrons. The maximum Gasteiger partial charge on any atom is 0.120 e. The van der Waals surface area contributed by atoms with Gasteiger partial charge in [0.25, 0.3) is 0 Å². The van der Waals surface area contributed by atoms with Gasteiger partial charge in [-0.3, -0.25) is 0 Å². The van der Waals surface area contributed by atoms with Crippen LogP contribution in [0.1, 0.15) is 0 Å². The van der Waals surface area contributed by atoms with Crippen molar-refractivity contribution in [2.45, 2.75) is 0 Å². The molecule has 0 aliphatic carbocycles. The maximum atomic E-state index is 5.93. The van der Waals surface area contributed by atoms with Crippen LogP contribution in [-0.4, -0.2) is 20.2 Å². The molecular weight excluding hydrogens is 295 g/mol. The Hall–Kier alpha value is -1.58. The molecule has 0 atom stereocenters. The summed E-state index contributed by atoms with van der Waals surface area (Å²) in [5, 5.41) is 1.02.